The van der Waals surface area contributed by atoms with E-state index >= 15 is 0 Å². The molecule has 0 aliphatic rings. The van der Waals surface area contributed by atoms with Gasteiger partial charge < -0.3 is 9.80 Å². The van der Waals surface area contributed by atoms with Gasteiger partial charge in [0.2, 0.25) is 0 Å². The Morgan fingerprint density at radius 3 is 2.50 bits per heavy atom. The fourth-order valence-corrected chi connectivity index (χ4v) is 1.47. The summed E-state index contributed by atoms with van der Waals surface area (Å²) in [5.41, 5.74) is 1.41. The first-order valence-corrected chi connectivity index (χ1v) is 5.18. The number of likely N-dealkylation sites (N-methyl/N-ethyl adjacent to an activating group) is 2. The van der Waals surface area contributed by atoms with Crippen molar-refractivity contribution < 1.29 is 0 Å². The molecule has 0 saturated carbocycles. The maximum absolute atomic E-state index is 2.38. The molecule has 0 heterocycles. The minimum atomic E-state index is 0.518. The molecule has 2 heteroatoms. The Morgan fingerprint density at radius 1 is 1.29 bits per heavy atom. The van der Waals surface area contributed by atoms with Crippen molar-refractivity contribution in [2.75, 3.05) is 34.2 Å². The van der Waals surface area contributed by atoms with Crippen molar-refractivity contribution in [3.05, 3.63) is 29.8 Å². The van der Waals surface area contributed by atoms with Crippen LogP contribution in [0.1, 0.15) is 18.5 Å². The first kappa shape index (κ1) is 11.3. The second kappa shape index (κ2) is 5.23. The van der Waals surface area contributed by atoms with Crippen molar-refractivity contribution in [3.8, 4) is 0 Å². The molecule has 0 aliphatic heterocycles. The van der Waals surface area contributed by atoms with E-state index in [1.807, 2.05) is 0 Å². The summed E-state index contributed by atoms with van der Waals surface area (Å²) in [4.78, 5) is 4.60. The second-order valence-corrected chi connectivity index (χ2v) is 4.18. The van der Waals surface area contributed by atoms with E-state index in [1.54, 1.807) is 0 Å². The van der Waals surface area contributed by atoms with Crippen LogP contribution in [-0.4, -0.2) is 44.0 Å². The highest BCUT2D eigenvalue weighted by Gasteiger charge is 2.05. The third-order valence-corrected chi connectivity index (χ3v) is 2.73. The first-order valence-electron chi connectivity index (χ1n) is 5.18. The fraction of sp³-hybridized carbons (Fsp3) is 0.583. The lowest BCUT2D eigenvalue weighted by molar-refractivity contribution is 0.231. The summed E-state index contributed by atoms with van der Waals surface area (Å²) in [5, 5.41) is 0. The van der Waals surface area contributed by atoms with Crippen LogP contribution in [0.15, 0.2) is 24.3 Å². The molecule has 0 aromatic heterocycles. The Hall–Kier alpha value is -0.730. The summed E-state index contributed by atoms with van der Waals surface area (Å²) < 4.78 is 0. The van der Waals surface area contributed by atoms with Crippen LogP contribution in [0.2, 0.25) is 0 Å². The predicted octanol–water partition coefficient (Wildman–Crippen LogP) is 1.96. The molecule has 0 amide bonds. The molecular formula is C12H21N2-. The molecule has 14 heavy (non-hydrogen) atoms. The highest BCUT2D eigenvalue weighted by molar-refractivity contribution is 5.19. The number of rotatable bonds is 5. The average Bonchev–Trinajstić information content (AvgIpc) is 2.65. The number of nitrogens with zero attached hydrogens (tertiary/aromatic N) is 2. The van der Waals surface area contributed by atoms with Crippen LogP contribution in [0, 0.1) is 0 Å². The van der Waals surface area contributed by atoms with E-state index in [0.717, 1.165) is 13.1 Å². The third-order valence-electron chi connectivity index (χ3n) is 2.73. The molecule has 2 nitrogen and oxygen atoms in total. The molecule has 0 fully saturated rings. The van der Waals surface area contributed by atoms with E-state index in [1.165, 1.54) is 5.56 Å². The second-order valence-electron chi connectivity index (χ2n) is 4.18. The predicted molar refractivity (Wildman–Crippen MR) is 61.6 cm³/mol. The smallest absolute Gasteiger partial charge is 0.0103 e. The maximum Gasteiger partial charge on any atom is 0.0103 e. The standard InChI is InChI=1S/C12H21N2/c1-11(12-7-5-6-8-12)14(4)10-9-13(2)3/h5-8,11H,9-10H2,1-4H3/q-1. The lowest BCUT2D eigenvalue weighted by Crippen LogP contribution is -2.30. The molecule has 0 N–H and O–H groups in total. The largest absolute Gasteiger partial charge is 0.310 e. The van der Waals surface area contributed by atoms with E-state index in [9.17, 15) is 0 Å². The van der Waals surface area contributed by atoms with Gasteiger partial charge in [0, 0.05) is 13.1 Å². The van der Waals surface area contributed by atoms with Gasteiger partial charge >= 0.3 is 0 Å². The van der Waals surface area contributed by atoms with Crippen LogP contribution >= 0.6 is 0 Å². The maximum atomic E-state index is 2.38. The van der Waals surface area contributed by atoms with Gasteiger partial charge in [-0.05, 0) is 27.2 Å². The zero-order valence-electron chi connectivity index (χ0n) is 9.70. The Bertz CT molecular complexity index is 239. The van der Waals surface area contributed by atoms with Gasteiger partial charge in [0.05, 0.1) is 0 Å². The molecular weight excluding hydrogens is 172 g/mol. The average molecular weight is 193 g/mol. The van der Waals surface area contributed by atoms with Gasteiger partial charge in [-0.15, -0.1) is 0 Å². The van der Waals surface area contributed by atoms with Gasteiger partial charge in [0.15, 0.2) is 0 Å². The molecule has 0 bridgehead atoms. The molecule has 0 aliphatic carbocycles. The molecule has 0 radical (unpaired) electrons. The van der Waals surface area contributed by atoms with Crippen LogP contribution in [0.5, 0.6) is 0 Å². The Morgan fingerprint density at radius 2 is 2.00 bits per heavy atom. The molecule has 0 spiro atoms. The van der Waals surface area contributed by atoms with Crippen LogP contribution in [-0.2, 0) is 0 Å². The van der Waals surface area contributed by atoms with E-state index in [0.29, 0.717) is 6.04 Å². The number of hydrogen-bond acceptors (Lipinski definition) is 2. The van der Waals surface area contributed by atoms with Gasteiger partial charge in [-0.2, -0.15) is 23.8 Å². The van der Waals surface area contributed by atoms with Crippen LogP contribution in [0.3, 0.4) is 0 Å². The molecule has 1 unspecified atom stereocenters. The molecule has 1 rings (SSSR count). The topological polar surface area (TPSA) is 6.48 Å². The van der Waals surface area contributed by atoms with E-state index in [4.69, 9.17) is 0 Å². The minimum absolute atomic E-state index is 0.518. The SMILES string of the molecule is CC(c1cc[cH-]c1)N(C)CCN(C)C. The quantitative estimate of drug-likeness (QED) is 0.660. The normalized spacial score (nSPS) is 13.9. The van der Waals surface area contributed by atoms with Gasteiger partial charge in [0.1, 0.15) is 0 Å². The van der Waals surface area contributed by atoms with E-state index < -0.39 is 0 Å². The summed E-state index contributed by atoms with van der Waals surface area (Å²) in [6.45, 7) is 4.48. The van der Waals surface area contributed by atoms with Crippen molar-refractivity contribution in [1.82, 2.24) is 9.80 Å². The third kappa shape index (κ3) is 3.20. The Kier molecular flexibility index (Phi) is 4.23. The lowest BCUT2D eigenvalue weighted by atomic mass is 10.1. The van der Waals surface area contributed by atoms with Gasteiger partial charge in [-0.3, -0.25) is 0 Å². The molecule has 0 saturated heterocycles. The zero-order chi connectivity index (χ0) is 10.6. The van der Waals surface area contributed by atoms with Gasteiger partial charge in [0.25, 0.3) is 0 Å². The first-order chi connectivity index (χ1) is 6.61. The highest BCUT2D eigenvalue weighted by Crippen LogP contribution is 2.18. The highest BCUT2D eigenvalue weighted by atomic mass is 15.2. The summed E-state index contributed by atoms with van der Waals surface area (Å²) in [6, 6.07) is 9.11. The molecule has 1 aromatic rings. The number of hydrogen-bond donors (Lipinski definition) is 0. The van der Waals surface area contributed by atoms with Gasteiger partial charge in [-0.1, -0.05) is 6.92 Å². The molecule has 80 valence electrons. The summed E-state index contributed by atoms with van der Waals surface area (Å²) in [6.07, 6.45) is 0. The van der Waals surface area contributed by atoms with Crippen LogP contribution in [0.25, 0.3) is 0 Å². The summed E-state index contributed by atoms with van der Waals surface area (Å²) in [7, 11) is 6.41. The minimum Gasteiger partial charge on any atom is -0.310 e. The van der Waals surface area contributed by atoms with E-state index in [2.05, 4.69) is 62.1 Å². The van der Waals surface area contributed by atoms with Crippen molar-refractivity contribution in [1.29, 1.82) is 0 Å². The summed E-state index contributed by atoms with van der Waals surface area (Å²) in [5.74, 6) is 0. The van der Waals surface area contributed by atoms with E-state index in [-0.39, 0.29) is 0 Å². The zero-order valence-corrected chi connectivity index (χ0v) is 9.70. The summed E-state index contributed by atoms with van der Waals surface area (Å²) >= 11 is 0. The van der Waals surface area contributed by atoms with Crippen LogP contribution in [0.4, 0.5) is 0 Å². The Balaban J connectivity index is 2.41. The fourth-order valence-electron chi connectivity index (χ4n) is 1.47. The van der Waals surface area contributed by atoms with Crippen molar-refractivity contribution in [2.24, 2.45) is 0 Å². The van der Waals surface area contributed by atoms with Gasteiger partial charge in [-0.25, -0.2) is 6.07 Å². The monoisotopic (exact) mass is 193 g/mol. The van der Waals surface area contributed by atoms with Crippen molar-refractivity contribution in [2.45, 2.75) is 13.0 Å². The lowest BCUT2D eigenvalue weighted by Gasteiger charge is -2.29. The molecule has 1 aromatic carbocycles. The Labute approximate surface area is 87.5 Å². The van der Waals surface area contributed by atoms with Crippen molar-refractivity contribution in [3.63, 3.8) is 0 Å². The molecule has 1 atom stereocenters. The van der Waals surface area contributed by atoms with Crippen LogP contribution < -0.4 is 0 Å². The van der Waals surface area contributed by atoms with Crippen molar-refractivity contribution >= 4 is 0 Å².